The minimum Gasteiger partial charge on any atom is -0.493 e. The average Bonchev–Trinajstić information content (AvgIpc) is 2.60. The first-order valence-corrected chi connectivity index (χ1v) is 8.30. The van der Waals surface area contributed by atoms with Crippen molar-refractivity contribution in [1.29, 1.82) is 0 Å². The van der Waals surface area contributed by atoms with Crippen LogP contribution < -0.4 is 9.64 Å². The summed E-state index contributed by atoms with van der Waals surface area (Å²) < 4.78 is 5.70. The Bertz CT molecular complexity index is 724. The number of carbonyl (C=O) groups is 2. The molecule has 0 amide bonds. The highest BCUT2D eigenvalue weighted by atomic mass is 16.5. The number of carboxylic acids is 2. The van der Waals surface area contributed by atoms with E-state index < -0.39 is 17.9 Å². The molecule has 0 bridgehead atoms. The lowest BCUT2D eigenvalue weighted by atomic mass is 10.00. The lowest BCUT2D eigenvalue weighted by Crippen LogP contribution is -2.25. The first kappa shape index (κ1) is 19.3. The van der Waals surface area contributed by atoms with Gasteiger partial charge in [-0.05, 0) is 41.8 Å². The van der Waals surface area contributed by atoms with Crippen LogP contribution in [0.15, 0.2) is 48.5 Å². The first-order valence-electron chi connectivity index (χ1n) is 8.30. The van der Waals surface area contributed by atoms with Crippen LogP contribution in [0.3, 0.4) is 0 Å². The molecule has 2 aromatic carbocycles. The Balaban J connectivity index is 1.85. The molecule has 0 saturated heterocycles. The molecule has 0 aromatic heterocycles. The molecule has 0 atom stereocenters. The average molecular weight is 357 g/mol. The van der Waals surface area contributed by atoms with Gasteiger partial charge in [0.05, 0.1) is 6.61 Å². The predicted molar refractivity (Wildman–Crippen MR) is 98.9 cm³/mol. The minimum atomic E-state index is -1.44. The van der Waals surface area contributed by atoms with Gasteiger partial charge in [-0.3, -0.25) is 9.59 Å². The number of nitrogens with zero attached hydrogens (tertiary/aromatic N) is 1. The molecule has 0 fully saturated rings. The highest BCUT2D eigenvalue weighted by molar-refractivity contribution is 5.93. The maximum absolute atomic E-state index is 10.9. The fourth-order valence-corrected chi connectivity index (χ4v) is 2.49. The third kappa shape index (κ3) is 5.51. The second-order valence-electron chi connectivity index (χ2n) is 6.24. The molecule has 0 saturated carbocycles. The number of ether oxygens (including phenoxy) is 1. The SMILES string of the molecule is CN(C)c1ccc(CCOc2ccc(CC(C(=O)O)C(=O)O)cc2)cc1. The standard InChI is InChI=1S/C20H23NO5/c1-21(2)16-7-3-14(4-8-16)11-12-26-17-9-5-15(6-10-17)13-18(19(22)23)20(24)25/h3-10,18H,11-13H2,1-2H3,(H,22,23)(H,24,25). The van der Waals surface area contributed by atoms with Crippen molar-refractivity contribution in [3.05, 3.63) is 59.7 Å². The Morgan fingerprint density at radius 1 is 0.923 bits per heavy atom. The Hall–Kier alpha value is -3.02. The summed E-state index contributed by atoms with van der Waals surface area (Å²) in [6.45, 7) is 0.521. The molecule has 2 rings (SSSR count). The van der Waals surface area contributed by atoms with Gasteiger partial charge in [0.1, 0.15) is 5.75 Å². The van der Waals surface area contributed by atoms with E-state index >= 15 is 0 Å². The molecular weight excluding hydrogens is 334 g/mol. The van der Waals surface area contributed by atoms with Gasteiger partial charge in [-0.25, -0.2) is 0 Å². The number of anilines is 1. The van der Waals surface area contributed by atoms with E-state index in [0.717, 1.165) is 12.1 Å². The minimum absolute atomic E-state index is 0.0524. The normalized spacial score (nSPS) is 10.6. The molecule has 26 heavy (non-hydrogen) atoms. The van der Waals surface area contributed by atoms with Crippen LogP contribution in [-0.4, -0.2) is 42.9 Å². The van der Waals surface area contributed by atoms with Crippen LogP contribution in [0.4, 0.5) is 5.69 Å². The molecular formula is C20H23NO5. The molecule has 6 heteroatoms. The quantitative estimate of drug-likeness (QED) is 0.671. The number of hydrogen-bond acceptors (Lipinski definition) is 4. The number of carboxylic acid groups (broad SMARTS) is 2. The van der Waals surface area contributed by atoms with Crippen LogP contribution in [0.25, 0.3) is 0 Å². The number of rotatable bonds is 9. The van der Waals surface area contributed by atoms with Gasteiger partial charge in [-0.15, -0.1) is 0 Å². The topological polar surface area (TPSA) is 87.1 Å². The summed E-state index contributed by atoms with van der Waals surface area (Å²) in [6.07, 6.45) is 0.721. The summed E-state index contributed by atoms with van der Waals surface area (Å²) in [5, 5.41) is 17.8. The van der Waals surface area contributed by atoms with E-state index in [-0.39, 0.29) is 6.42 Å². The van der Waals surface area contributed by atoms with E-state index in [4.69, 9.17) is 14.9 Å². The van der Waals surface area contributed by atoms with Crippen molar-refractivity contribution in [2.45, 2.75) is 12.8 Å². The van der Waals surface area contributed by atoms with E-state index in [2.05, 4.69) is 24.3 Å². The van der Waals surface area contributed by atoms with Gasteiger partial charge in [0.2, 0.25) is 0 Å². The molecule has 0 spiro atoms. The van der Waals surface area contributed by atoms with Gasteiger partial charge in [0.25, 0.3) is 0 Å². The van der Waals surface area contributed by atoms with Crippen molar-refractivity contribution in [3.8, 4) is 5.75 Å². The lowest BCUT2D eigenvalue weighted by molar-refractivity contribution is -0.154. The zero-order valence-electron chi connectivity index (χ0n) is 14.9. The van der Waals surface area contributed by atoms with E-state index in [1.165, 1.54) is 5.56 Å². The lowest BCUT2D eigenvalue weighted by Gasteiger charge is -2.13. The number of hydrogen-bond donors (Lipinski definition) is 2. The van der Waals surface area contributed by atoms with Crippen molar-refractivity contribution in [2.75, 3.05) is 25.6 Å². The van der Waals surface area contributed by atoms with Crippen LogP contribution in [0.5, 0.6) is 5.75 Å². The fourth-order valence-electron chi connectivity index (χ4n) is 2.49. The molecule has 0 radical (unpaired) electrons. The molecule has 138 valence electrons. The summed E-state index contributed by atoms with van der Waals surface area (Å²) in [7, 11) is 3.99. The van der Waals surface area contributed by atoms with Crippen LogP contribution in [0.1, 0.15) is 11.1 Å². The third-order valence-corrected chi connectivity index (χ3v) is 4.07. The Labute approximate surface area is 152 Å². The molecule has 2 N–H and O–H groups in total. The predicted octanol–water partition coefficient (Wildman–Crippen LogP) is 2.70. The maximum atomic E-state index is 10.9. The molecule has 2 aromatic rings. The highest BCUT2D eigenvalue weighted by Crippen LogP contribution is 2.17. The van der Waals surface area contributed by atoms with Gasteiger partial charge < -0.3 is 19.8 Å². The zero-order chi connectivity index (χ0) is 19.1. The monoisotopic (exact) mass is 357 g/mol. The molecule has 0 unspecified atom stereocenters. The molecule has 6 nitrogen and oxygen atoms in total. The van der Waals surface area contributed by atoms with Gasteiger partial charge in [-0.2, -0.15) is 0 Å². The number of aliphatic carboxylic acids is 2. The molecule has 0 aliphatic heterocycles. The Kier molecular flexibility index (Phi) is 6.60. The van der Waals surface area contributed by atoms with E-state index in [1.807, 2.05) is 19.0 Å². The summed E-state index contributed by atoms with van der Waals surface area (Å²) in [5.41, 5.74) is 2.97. The zero-order valence-corrected chi connectivity index (χ0v) is 14.9. The fraction of sp³-hybridized carbons (Fsp3) is 0.300. The van der Waals surface area contributed by atoms with Gasteiger partial charge in [0.15, 0.2) is 5.92 Å². The van der Waals surface area contributed by atoms with Crippen molar-refractivity contribution in [2.24, 2.45) is 5.92 Å². The Morgan fingerprint density at radius 3 is 1.96 bits per heavy atom. The van der Waals surface area contributed by atoms with Gasteiger partial charge in [0, 0.05) is 26.2 Å². The van der Waals surface area contributed by atoms with Crippen molar-refractivity contribution >= 4 is 17.6 Å². The number of benzene rings is 2. The van der Waals surface area contributed by atoms with Crippen LogP contribution in [0.2, 0.25) is 0 Å². The Morgan fingerprint density at radius 2 is 1.46 bits per heavy atom. The maximum Gasteiger partial charge on any atom is 0.318 e. The van der Waals surface area contributed by atoms with Crippen molar-refractivity contribution in [1.82, 2.24) is 0 Å². The summed E-state index contributed by atoms with van der Waals surface area (Å²) in [6, 6.07) is 15.1. The second-order valence-corrected chi connectivity index (χ2v) is 6.24. The van der Waals surface area contributed by atoms with Gasteiger partial charge >= 0.3 is 11.9 Å². The second kappa shape index (κ2) is 8.89. The van der Waals surface area contributed by atoms with E-state index in [9.17, 15) is 9.59 Å². The largest absolute Gasteiger partial charge is 0.493 e. The van der Waals surface area contributed by atoms with Crippen LogP contribution in [-0.2, 0) is 22.4 Å². The van der Waals surface area contributed by atoms with Crippen LogP contribution in [0, 0.1) is 5.92 Å². The summed E-state index contributed by atoms with van der Waals surface area (Å²) in [4.78, 5) is 23.9. The molecule has 0 aliphatic rings. The third-order valence-electron chi connectivity index (χ3n) is 4.07. The van der Waals surface area contributed by atoms with Crippen molar-refractivity contribution < 1.29 is 24.5 Å². The highest BCUT2D eigenvalue weighted by Gasteiger charge is 2.25. The van der Waals surface area contributed by atoms with Gasteiger partial charge in [-0.1, -0.05) is 24.3 Å². The first-order chi connectivity index (χ1) is 12.4. The van der Waals surface area contributed by atoms with Crippen molar-refractivity contribution in [3.63, 3.8) is 0 Å². The smallest absolute Gasteiger partial charge is 0.318 e. The van der Waals surface area contributed by atoms with E-state index in [0.29, 0.717) is 17.9 Å². The van der Waals surface area contributed by atoms with E-state index in [1.54, 1.807) is 24.3 Å². The van der Waals surface area contributed by atoms with Crippen LogP contribution >= 0.6 is 0 Å². The summed E-state index contributed by atoms with van der Waals surface area (Å²) >= 11 is 0. The molecule has 0 heterocycles. The molecule has 0 aliphatic carbocycles. The summed E-state index contributed by atoms with van der Waals surface area (Å²) in [5.74, 6) is -3.44.